The molecule has 1 saturated carbocycles. The first-order valence-corrected chi connectivity index (χ1v) is 11.3. The Balaban J connectivity index is 1.29. The van der Waals surface area contributed by atoms with Gasteiger partial charge in [0, 0.05) is 23.8 Å². The fourth-order valence-electron chi connectivity index (χ4n) is 4.36. The molecule has 2 aromatic carbocycles. The number of nitrogens with one attached hydrogen (secondary N) is 3. The molecule has 0 unspecified atom stereocenters. The van der Waals surface area contributed by atoms with E-state index in [0.717, 1.165) is 18.7 Å². The summed E-state index contributed by atoms with van der Waals surface area (Å²) in [6.07, 6.45) is 5.77. The highest BCUT2D eigenvalue weighted by atomic mass is 19.1. The molecular formula is C25H23FN6O3. The van der Waals surface area contributed by atoms with Crippen LogP contribution in [0.2, 0.25) is 0 Å². The number of hydrogen-bond donors (Lipinski definition) is 4. The fourth-order valence-corrected chi connectivity index (χ4v) is 4.36. The average molecular weight is 474 g/mol. The molecule has 1 fully saturated rings. The maximum absolute atomic E-state index is 14.2. The summed E-state index contributed by atoms with van der Waals surface area (Å²) in [6.45, 7) is 0.0817. The van der Waals surface area contributed by atoms with Gasteiger partial charge < -0.3 is 20.7 Å². The Hall–Kier alpha value is -4.34. The predicted molar refractivity (Wildman–Crippen MR) is 127 cm³/mol. The van der Waals surface area contributed by atoms with Crippen molar-refractivity contribution in [1.29, 1.82) is 0 Å². The third kappa shape index (κ3) is 4.96. The number of carboxylic acid groups (broad SMARTS) is 1. The lowest BCUT2D eigenvalue weighted by atomic mass is 10.1. The van der Waals surface area contributed by atoms with Gasteiger partial charge in [0.05, 0.1) is 5.56 Å². The molecule has 0 bridgehead atoms. The number of anilines is 2. The van der Waals surface area contributed by atoms with Gasteiger partial charge in [0.2, 0.25) is 0 Å². The molecule has 2 aromatic heterocycles. The number of fused-ring (bicyclic) bond motifs is 1. The zero-order chi connectivity index (χ0) is 24.4. The summed E-state index contributed by atoms with van der Waals surface area (Å²) in [6, 6.07) is 10.5. The number of H-pyrrole nitrogens is 1. The van der Waals surface area contributed by atoms with E-state index in [2.05, 4.69) is 30.6 Å². The Morgan fingerprint density at radius 2 is 1.83 bits per heavy atom. The SMILES string of the molecule is O=C(O)c1ccc(Nc2cc(F)cc(CNC(=O)c3ncnc4nc(C5CCCC5)[nH]c34)c2)cc1. The number of carbonyl (C=O) groups is 2. The van der Waals surface area contributed by atoms with Crippen LogP contribution >= 0.6 is 0 Å². The number of halogens is 1. The van der Waals surface area contributed by atoms with Crippen LogP contribution in [0.3, 0.4) is 0 Å². The molecule has 0 spiro atoms. The Bertz CT molecular complexity index is 1400. The average Bonchev–Trinajstić information content (AvgIpc) is 3.52. The third-order valence-corrected chi connectivity index (χ3v) is 6.09. The van der Waals surface area contributed by atoms with Crippen molar-refractivity contribution in [2.75, 3.05) is 5.32 Å². The summed E-state index contributed by atoms with van der Waals surface area (Å²) in [5.41, 5.74) is 2.93. The van der Waals surface area contributed by atoms with E-state index in [-0.39, 0.29) is 17.8 Å². The summed E-state index contributed by atoms with van der Waals surface area (Å²) in [5.74, 6) is -0.725. The summed E-state index contributed by atoms with van der Waals surface area (Å²) in [7, 11) is 0. The van der Waals surface area contributed by atoms with Crippen LogP contribution in [0.5, 0.6) is 0 Å². The number of aromatic nitrogens is 4. The normalized spacial score (nSPS) is 13.7. The van der Waals surface area contributed by atoms with Gasteiger partial charge in [0.1, 0.15) is 23.5 Å². The zero-order valence-corrected chi connectivity index (χ0v) is 18.7. The Morgan fingerprint density at radius 3 is 2.57 bits per heavy atom. The number of carboxylic acids is 1. The molecule has 9 nitrogen and oxygen atoms in total. The van der Waals surface area contributed by atoms with Gasteiger partial charge in [-0.2, -0.15) is 0 Å². The first-order chi connectivity index (χ1) is 17.0. The Kier molecular flexibility index (Phi) is 6.09. The van der Waals surface area contributed by atoms with Crippen LogP contribution in [0.15, 0.2) is 48.8 Å². The van der Waals surface area contributed by atoms with Crippen molar-refractivity contribution in [3.05, 3.63) is 77.3 Å². The highest BCUT2D eigenvalue weighted by molar-refractivity contribution is 6.02. The minimum Gasteiger partial charge on any atom is -0.478 e. The first kappa shape index (κ1) is 22.5. The second kappa shape index (κ2) is 9.49. The van der Waals surface area contributed by atoms with E-state index in [9.17, 15) is 14.0 Å². The number of aromatic carboxylic acids is 1. The van der Waals surface area contributed by atoms with Gasteiger partial charge in [0.15, 0.2) is 11.3 Å². The molecular weight excluding hydrogens is 451 g/mol. The second-order valence-corrected chi connectivity index (χ2v) is 8.56. The quantitative estimate of drug-likeness (QED) is 0.309. The second-order valence-electron chi connectivity index (χ2n) is 8.56. The molecule has 1 amide bonds. The molecule has 35 heavy (non-hydrogen) atoms. The maximum Gasteiger partial charge on any atom is 0.335 e. The van der Waals surface area contributed by atoms with E-state index in [1.54, 1.807) is 18.2 Å². The molecule has 0 aliphatic heterocycles. The summed E-state index contributed by atoms with van der Waals surface area (Å²) < 4.78 is 14.2. The van der Waals surface area contributed by atoms with Crippen LogP contribution in [0, 0.1) is 5.82 Å². The highest BCUT2D eigenvalue weighted by Gasteiger charge is 2.23. The summed E-state index contributed by atoms with van der Waals surface area (Å²) >= 11 is 0. The van der Waals surface area contributed by atoms with Crippen molar-refractivity contribution < 1.29 is 19.1 Å². The number of hydrogen-bond acceptors (Lipinski definition) is 6. The standard InChI is InChI=1S/C25H23FN6O3/c26-17-9-14(10-19(11-17)30-18-7-5-16(6-8-18)25(34)35)12-27-24(33)21-20-23(29-13-28-21)32-22(31-20)15-3-1-2-4-15/h5-11,13,15,30H,1-4,12H2,(H,27,33)(H,34,35)(H,28,29,31,32). The molecule has 1 aliphatic rings. The number of rotatable bonds is 7. The van der Waals surface area contributed by atoms with Crippen LogP contribution < -0.4 is 10.6 Å². The molecule has 0 atom stereocenters. The van der Waals surface area contributed by atoms with Crippen molar-refractivity contribution in [3.8, 4) is 0 Å². The Labute approximate surface area is 199 Å². The molecule has 4 aromatic rings. The zero-order valence-electron chi connectivity index (χ0n) is 18.7. The maximum atomic E-state index is 14.2. The lowest BCUT2D eigenvalue weighted by Crippen LogP contribution is -2.24. The number of aromatic amines is 1. The molecule has 178 valence electrons. The van der Waals surface area contributed by atoms with E-state index in [1.165, 1.54) is 43.4 Å². The van der Waals surface area contributed by atoms with Crippen LogP contribution in [0.4, 0.5) is 15.8 Å². The minimum atomic E-state index is -1.02. The molecule has 0 saturated heterocycles. The lowest BCUT2D eigenvalue weighted by molar-refractivity contribution is 0.0696. The molecule has 10 heteroatoms. The number of nitrogens with zero attached hydrogens (tertiary/aromatic N) is 3. The van der Waals surface area contributed by atoms with E-state index in [0.29, 0.717) is 34.0 Å². The largest absolute Gasteiger partial charge is 0.478 e. The van der Waals surface area contributed by atoms with Gasteiger partial charge >= 0.3 is 5.97 Å². The van der Waals surface area contributed by atoms with Crippen molar-refractivity contribution in [2.45, 2.75) is 38.1 Å². The number of amides is 1. The van der Waals surface area contributed by atoms with Crippen LogP contribution in [0.1, 0.15) is 63.8 Å². The van der Waals surface area contributed by atoms with E-state index < -0.39 is 17.7 Å². The molecule has 2 heterocycles. The topological polar surface area (TPSA) is 133 Å². The van der Waals surface area contributed by atoms with E-state index >= 15 is 0 Å². The van der Waals surface area contributed by atoms with Gasteiger partial charge in [-0.3, -0.25) is 4.79 Å². The van der Waals surface area contributed by atoms with E-state index in [4.69, 9.17) is 5.11 Å². The number of imidazole rings is 1. The van der Waals surface area contributed by atoms with Gasteiger partial charge in [0.25, 0.3) is 5.91 Å². The van der Waals surface area contributed by atoms with E-state index in [1.807, 2.05) is 0 Å². The van der Waals surface area contributed by atoms with Crippen molar-refractivity contribution >= 4 is 34.4 Å². The van der Waals surface area contributed by atoms with Crippen LogP contribution in [-0.4, -0.2) is 36.9 Å². The summed E-state index contributed by atoms with van der Waals surface area (Å²) in [5, 5.41) is 14.8. The molecule has 1 aliphatic carbocycles. The van der Waals surface area contributed by atoms with Gasteiger partial charge in [-0.1, -0.05) is 12.8 Å². The molecule has 5 rings (SSSR count). The van der Waals surface area contributed by atoms with Gasteiger partial charge in [-0.15, -0.1) is 0 Å². The minimum absolute atomic E-state index is 0.0817. The molecule has 4 N–H and O–H groups in total. The monoisotopic (exact) mass is 474 g/mol. The summed E-state index contributed by atoms with van der Waals surface area (Å²) in [4.78, 5) is 40.0. The van der Waals surface area contributed by atoms with Gasteiger partial charge in [-0.05, 0) is 60.9 Å². The van der Waals surface area contributed by atoms with Crippen LogP contribution in [-0.2, 0) is 6.54 Å². The van der Waals surface area contributed by atoms with Crippen molar-refractivity contribution in [1.82, 2.24) is 25.3 Å². The number of benzene rings is 2. The first-order valence-electron chi connectivity index (χ1n) is 11.3. The van der Waals surface area contributed by atoms with Crippen LogP contribution in [0.25, 0.3) is 11.2 Å². The third-order valence-electron chi connectivity index (χ3n) is 6.09. The number of carbonyl (C=O) groups excluding carboxylic acids is 1. The fraction of sp³-hybridized carbons (Fsp3) is 0.240. The van der Waals surface area contributed by atoms with Crippen molar-refractivity contribution in [2.24, 2.45) is 0 Å². The highest BCUT2D eigenvalue weighted by Crippen LogP contribution is 2.33. The van der Waals surface area contributed by atoms with Gasteiger partial charge in [-0.25, -0.2) is 24.1 Å². The molecule has 0 radical (unpaired) electrons. The predicted octanol–water partition coefficient (Wildman–Crippen LogP) is 4.52. The lowest BCUT2D eigenvalue weighted by Gasteiger charge is -2.10. The van der Waals surface area contributed by atoms with Crippen molar-refractivity contribution in [3.63, 3.8) is 0 Å². The smallest absolute Gasteiger partial charge is 0.335 e. The Morgan fingerprint density at radius 1 is 1.06 bits per heavy atom.